The summed E-state index contributed by atoms with van der Waals surface area (Å²) in [6.45, 7) is -0.407. The van der Waals surface area contributed by atoms with Gasteiger partial charge in [0.25, 0.3) is 11.8 Å². The number of imide groups is 1. The second-order valence-corrected chi connectivity index (χ2v) is 4.61. The molecule has 0 fully saturated rings. The van der Waals surface area contributed by atoms with Gasteiger partial charge in [-0.3, -0.25) is 14.5 Å². The molecule has 0 saturated carbocycles. The summed E-state index contributed by atoms with van der Waals surface area (Å²) in [6.07, 6.45) is 1.11. The number of carboxylic acids is 1. The number of carbonyl (C=O) groups excluding carboxylic acids is 2. The molecule has 0 aliphatic carbocycles. The van der Waals surface area contributed by atoms with E-state index in [-0.39, 0.29) is 29.4 Å². The van der Waals surface area contributed by atoms with Gasteiger partial charge < -0.3 is 15.5 Å². The third-order valence-electron chi connectivity index (χ3n) is 2.81. The van der Waals surface area contributed by atoms with E-state index in [9.17, 15) is 14.4 Å². The van der Waals surface area contributed by atoms with Crippen molar-refractivity contribution in [2.45, 2.75) is 0 Å². The standard InChI is InChI=1S/C13H11ClN2O5/c14-9-5-7(1-2-8(9)13(20)21)15-10-6-11(18)16(3-4-17)12(10)19/h1-2,5-6,15,17H,3-4H2,(H,20,21). The van der Waals surface area contributed by atoms with Crippen LogP contribution in [0.5, 0.6) is 0 Å². The number of nitrogens with one attached hydrogen (secondary N) is 1. The van der Waals surface area contributed by atoms with E-state index in [0.717, 1.165) is 11.0 Å². The molecule has 2 amide bonds. The smallest absolute Gasteiger partial charge is 0.337 e. The van der Waals surface area contributed by atoms with Crippen LogP contribution in [0.25, 0.3) is 0 Å². The zero-order valence-electron chi connectivity index (χ0n) is 10.7. The molecule has 0 radical (unpaired) electrons. The van der Waals surface area contributed by atoms with Gasteiger partial charge in [-0.05, 0) is 18.2 Å². The lowest BCUT2D eigenvalue weighted by Crippen LogP contribution is -2.34. The normalized spacial score (nSPS) is 14.4. The van der Waals surface area contributed by atoms with E-state index in [1.807, 2.05) is 0 Å². The molecular weight excluding hydrogens is 300 g/mol. The van der Waals surface area contributed by atoms with Gasteiger partial charge >= 0.3 is 5.97 Å². The predicted octanol–water partition coefficient (Wildman–Crippen LogP) is 0.695. The fourth-order valence-corrected chi connectivity index (χ4v) is 2.09. The minimum absolute atomic E-state index is 0.0112. The van der Waals surface area contributed by atoms with Gasteiger partial charge in [-0.1, -0.05) is 11.6 Å². The number of benzene rings is 1. The van der Waals surface area contributed by atoms with Gasteiger partial charge in [0.1, 0.15) is 5.70 Å². The lowest BCUT2D eigenvalue weighted by Gasteiger charge is -2.13. The second-order valence-electron chi connectivity index (χ2n) is 4.20. The first-order valence-corrected chi connectivity index (χ1v) is 6.30. The third-order valence-corrected chi connectivity index (χ3v) is 3.12. The van der Waals surface area contributed by atoms with Crippen molar-refractivity contribution in [1.82, 2.24) is 4.90 Å². The number of carboxylic acid groups (broad SMARTS) is 1. The number of β-amino-alcohol motifs (C(OH)–C–C–N with tert-alkyl or cyclic N) is 1. The van der Waals surface area contributed by atoms with Crippen LogP contribution < -0.4 is 5.32 Å². The zero-order valence-corrected chi connectivity index (χ0v) is 11.4. The molecule has 0 bridgehead atoms. The molecule has 2 rings (SSSR count). The molecule has 1 aromatic carbocycles. The Labute approximate surface area is 124 Å². The van der Waals surface area contributed by atoms with E-state index in [1.165, 1.54) is 18.2 Å². The molecular formula is C13H11ClN2O5. The molecule has 0 saturated heterocycles. The molecule has 110 valence electrons. The van der Waals surface area contributed by atoms with Crippen molar-refractivity contribution in [1.29, 1.82) is 0 Å². The summed E-state index contributed by atoms with van der Waals surface area (Å²) in [4.78, 5) is 35.2. The summed E-state index contributed by atoms with van der Waals surface area (Å²) in [5.41, 5.74) is 0.350. The molecule has 1 aliphatic heterocycles. The number of hydrogen-bond acceptors (Lipinski definition) is 5. The van der Waals surface area contributed by atoms with Crippen molar-refractivity contribution in [3.8, 4) is 0 Å². The summed E-state index contributed by atoms with van der Waals surface area (Å²) in [6, 6.07) is 4.07. The summed E-state index contributed by atoms with van der Waals surface area (Å²) in [7, 11) is 0. The highest BCUT2D eigenvalue weighted by molar-refractivity contribution is 6.33. The Morgan fingerprint density at radius 1 is 1.33 bits per heavy atom. The number of halogens is 1. The Balaban J connectivity index is 2.18. The van der Waals surface area contributed by atoms with Gasteiger partial charge in [0.15, 0.2) is 0 Å². The Hall–Kier alpha value is -2.38. The van der Waals surface area contributed by atoms with E-state index < -0.39 is 17.8 Å². The van der Waals surface area contributed by atoms with Crippen LogP contribution in [-0.2, 0) is 9.59 Å². The van der Waals surface area contributed by atoms with Gasteiger partial charge in [-0.25, -0.2) is 4.79 Å². The summed E-state index contributed by atoms with van der Waals surface area (Å²) in [5, 5.41) is 20.4. The first-order valence-electron chi connectivity index (χ1n) is 5.92. The number of hydrogen-bond donors (Lipinski definition) is 3. The van der Waals surface area contributed by atoms with Crippen molar-refractivity contribution in [3.05, 3.63) is 40.6 Å². The fraction of sp³-hybridized carbons (Fsp3) is 0.154. The summed E-state index contributed by atoms with van der Waals surface area (Å²) < 4.78 is 0. The number of amides is 2. The number of rotatable bonds is 5. The maximum atomic E-state index is 11.9. The highest BCUT2D eigenvalue weighted by Crippen LogP contribution is 2.23. The van der Waals surface area contributed by atoms with E-state index in [1.54, 1.807) is 0 Å². The number of carbonyl (C=O) groups is 3. The molecule has 0 aromatic heterocycles. The van der Waals surface area contributed by atoms with Crippen LogP contribution in [0.4, 0.5) is 5.69 Å². The number of aliphatic hydroxyl groups is 1. The zero-order chi connectivity index (χ0) is 15.6. The quantitative estimate of drug-likeness (QED) is 0.691. The molecule has 8 heteroatoms. The SMILES string of the molecule is O=C(O)c1ccc(NC2=CC(=O)N(CCO)C2=O)cc1Cl. The van der Waals surface area contributed by atoms with Crippen molar-refractivity contribution >= 4 is 35.1 Å². The summed E-state index contributed by atoms with van der Waals surface area (Å²) in [5.74, 6) is -2.25. The molecule has 1 heterocycles. The van der Waals surface area contributed by atoms with Crippen LogP contribution in [0.2, 0.25) is 5.02 Å². The number of anilines is 1. The lowest BCUT2D eigenvalue weighted by molar-refractivity contribution is -0.137. The van der Waals surface area contributed by atoms with Crippen molar-refractivity contribution in [2.75, 3.05) is 18.5 Å². The number of aromatic carboxylic acids is 1. The monoisotopic (exact) mass is 310 g/mol. The molecule has 0 spiro atoms. The van der Waals surface area contributed by atoms with Crippen LogP contribution in [0.1, 0.15) is 10.4 Å². The Bertz CT molecular complexity index is 656. The van der Waals surface area contributed by atoms with Crippen LogP contribution in [0.15, 0.2) is 30.0 Å². The van der Waals surface area contributed by atoms with E-state index in [0.29, 0.717) is 5.69 Å². The fourth-order valence-electron chi connectivity index (χ4n) is 1.83. The summed E-state index contributed by atoms with van der Waals surface area (Å²) >= 11 is 5.82. The molecule has 7 nitrogen and oxygen atoms in total. The molecule has 3 N–H and O–H groups in total. The topological polar surface area (TPSA) is 107 Å². The first-order chi connectivity index (χ1) is 9.93. The van der Waals surface area contributed by atoms with Crippen molar-refractivity contribution < 1.29 is 24.6 Å². The maximum Gasteiger partial charge on any atom is 0.337 e. The minimum atomic E-state index is -1.16. The molecule has 1 aliphatic rings. The van der Waals surface area contributed by atoms with Gasteiger partial charge in [-0.2, -0.15) is 0 Å². The van der Waals surface area contributed by atoms with Gasteiger partial charge in [-0.15, -0.1) is 0 Å². The van der Waals surface area contributed by atoms with Crippen molar-refractivity contribution in [2.24, 2.45) is 0 Å². The van der Waals surface area contributed by atoms with Crippen LogP contribution in [0.3, 0.4) is 0 Å². The number of nitrogens with zero attached hydrogens (tertiary/aromatic N) is 1. The third kappa shape index (κ3) is 3.04. The predicted molar refractivity (Wildman–Crippen MR) is 73.9 cm³/mol. The van der Waals surface area contributed by atoms with E-state index >= 15 is 0 Å². The van der Waals surface area contributed by atoms with Crippen LogP contribution in [0, 0.1) is 0 Å². The second kappa shape index (κ2) is 5.94. The van der Waals surface area contributed by atoms with Crippen LogP contribution in [-0.4, -0.2) is 46.0 Å². The van der Waals surface area contributed by atoms with Gasteiger partial charge in [0, 0.05) is 11.8 Å². The number of aliphatic hydroxyl groups excluding tert-OH is 1. The average molecular weight is 311 g/mol. The maximum absolute atomic E-state index is 11.9. The molecule has 0 unspecified atom stereocenters. The van der Waals surface area contributed by atoms with Crippen LogP contribution >= 0.6 is 11.6 Å². The molecule has 21 heavy (non-hydrogen) atoms. The molecule has 0 atom stereocenters. The highest BCUT2D eigenvalue weighted by atomic mass is 35.5. The molecule has 1 aromatic rings. The lowest BCUT2D eigenvalue weighted by atomic mass is 10.2. The van der Waals surface area contributed by atoms with Crippen molar-refractivity contribution in [3.63, 3.8) is 0 Å². The van der Waals surface area contributed by atoms with E-state index in [4.69, 9.17) is 21.8 Å². The Kier molecular flexibility index (Phi) is 4.25. The highest BCUT2D eigenvalue weighted by Gasteiger charge is 2.30. The van der Waals surface area contributed by atoms with Gasteiger partial charge in [0.2, 0.25) is 0 Å². The average Bonchev–Trinajstić information content (AvgIpc) is 2.66. The van der Waals surface area contributed by atoms with E-state index in [2.05, 4.69) is 5.32 Å². The van der Waals surface area contributed by atoms with Gasteiger partial charge in [0.05, 0.1) is 23.7 Å². The Morgan fingerprint density at radius 2 is 2.05 bits per heavy atom. The Morgan fingerprint density at radius 3 is 2.62 bits per heavy atom. The largest absolute Gasteiger partial charge is 0.478 e. The minimum Gasteiger partial charge on any atom is -0.478 e. The first kappa shape index (κ1) is 15.0.